The molecule has 8 heteroatoms. The van der Waals surface area contributed by atoms with Crippen molar-refractivity contribution in [1.82, 2.24) is 5.32 Å². The molecule has 0 heterocycles. The van der Waals surface area contributed by atoms with Gasteiger partial charge in [0.1, 0.15) is 12.3 Å². The SMILES string of the molecule is CNC(=O)CN(c1ccc(C)cc1)S(=O)(=O)c1ccc(OC)c(Br)c1. The number of nitrogens with one attached hydrogen (secondary N) is 1. The van der Waals surface area contributed by atoms with Crippen LogP contribution in [-0.2, 0) is 14.8 Å². The standard InChI is InChI=1S/C17H19BrN2O4S/c1-12-4-6-13(7-5-12)20(11-17(21)19-2)25(22,23)14-8-9-16(24-3)15(18)10-14/h4-10H,11H2,1-3H3,(H,19,21). The minimum atomic E-state index is -3.93. The normalized spacial score (nSPS) is 11.0. The van der Waals surface area contributed by atoms with Crippen LogP contribution in [0.15, 0.2) is 51.8 Å². The van der Waals surface area contributed by atoms with Crippen LogP contribution in [0.5, 0.6) is 5.75 Å². The number of carbonyl (C=O) groups is 1. The average Bonchev–Trinajstić information content (AvgIpc) is 2.60. The fourth-order valence-electron chi connectivity index (χ4n) is 2.17. The number of amides is 1. The van der Waals surface area contributed by atoms with Crippen molar-refractivity contribution in [3.05, 3.63) is 52.5 Å². The number of aryl methyl sites for hydroxylation is 1. The van der Waals surface area contributed by atoms with E-state index in [1.807, 2.05) is 6.92 Å². The first-order chi connectivity index (χ1) is 11.8. The molecule has 0 fully saturated rings. The van der Waals surface area contributed by atoms with Crippen molar-refractivity contribution < 1.29 is 17.9 Å². The highest BCUT2D eigenvalue weighted by Gasteiger charge is 2.27. The molecule has 0 aromatic heterocycles. The Balaban J connectivity index is 2.52. The summed E-state index contributed by atoms with van der Waals surface area (Å²) in [6.45, 7) is 1.59. The van der Waals surface area contributed by atoms with E-state index in [1.165, 1.54) is 26.3 Å². The largest absolute Gasteiger partial charge is 0.496 e. The highest BCUT2D eigenvalue weighted by Crippen LogP contribution is 2.30. The van der Waals surface area contributed by atoms with Crippen molar-refractivity contribution in [2.24, 2.45) is 0 Å². The maximum Gasteiger partial charge on any atom is 0.264 e. The van der Waals surface area contributed by atoms with Crippen LogP contribution in [0.3, 0.4) is 0 Å². The summed E-state index contributed by atoms with van der Waals surface area (Å²) in [7, 11) is -0.970. The van der Waals surface area contributed by atoms with Crippen molar-refractivity contribution in [1.29, 1.82) is 0 Å². The van der Waals surface area contributed by atoms with E-state index in [2.05, 4.69) is 21.2 Å². The average molecular weight is 427 g/mol. The molecule has 1 N–H and O–H groups in total. The Labute approximate surface area is 156 Å². The number of hydrogen-bond acceptors (Lipinski definition) is 4. The topological polar surface area (TPSA) is 75.7 Å². The maximum atomic E-state index is 13.1. The van der Waals surface area contributed by atoms with Gasteiger partial charge in [-0.25, -0.2) is 8.42 Å². The smallest absolute Gasteiger partial charge is 0.264 e. The lowest BCUT2D eigenvalue weighted by atomic mass is 10.2. The monoisotopic (exact) mass is 426 g/mol. The van der Waals surface area contributed by atoms with E-state index >= 15 is 0 Å². The van der Waals surface area contributed by atoms with Gasteiger partial charge in [0.15, 0.2) is 0 Å². The van der Waals surface area contributed by atoms with Gasteiger partial charge in [0, 0.05) is 7.05 Å². The molecule has 0 aliphatic rings. The van der Waals surface area contributed by atoms with Gasteiger partial charge in [-0.2, -0.15) is 0 Å². The molecule has 134 valence electrons. The summed E-state index contributed by atoms with van der Waals surface area (Å²) < 4.78 is 32.9. The van der Waals surface area contributed by atoms with E-state index in [0.717, 1.165) is 9.87 Å². The van der Waals surface area contributed by atoms with E-state index in [4.69, 9.17) is 4.74 Å². The molecule has 0 aliphatic carbocycles. The number of halogens is 1. The minimum absolute atomic E-state index is 0.0599. The van der Waals surface area contributed by atoms with Crippen molar-refractivity contribution >= 4 is 37.5 Å². The summed E-state index contributed by atoms with van der Waals surface area (Å²) in [5.41, 5.74) is 1.41. The molecule has 25 heavy (non-hydrogen) atoms. The predicted octanol–water partition coefficient (Wildman–Crippen LogP) is 2.71. The van der Waals surface area contributed by atoms with Gasteiger partial charge in [-0.05, 0) is 53.2 Å². The lowest BCUT2D eigenvalue weighted by Crippen LogP contribution is -2.39. The zero-order valence-electron chi connectivity index (χ0n) is 14.1. The molecular weight excluding hydrogens is 408 g/mol. The van der Waals surface area contributed by atoms with Crippen LogP contribution in [0, 0.1) is 6.92 Å². The summed E-state index contributed by atoms with van der Waals surface area (Å²) >= 11 is 3.29. The van der Waals surface area contributed by atoms with Crippen LogP contribution >= 0.6 is 15.9 Å². The first-order valence-corrected chi connectivity index (χ1v) is 9.66. The van der Waals surface area contributed by atoms with E-state index in [-0.39, 0.29) is 11.4 Å². The fourth-order valence-corrected chi connectivity index (χ4v) is 4.31. The predicted molar refractivity (Wildman–Crippen MR) is 100 cm³/mol. The number of benzene rings is 2. The Morgan fingerprint density at radius 3 is 2.36 bits per heavy atom. The van der Waals surface area contributed by atoms with E-state index < -0.39 is 15.9 Å². The Bertz CT molecular complexity index is 867. The number of likely N-dealkylation sites (N-methyl/N-ethyl adjacent to an activating group) is 1. The number of rotatable bonds is 6. The van der Waals surface area contributed by atoms with Crippen LogP contribution in [0.1, 0.15) is 5.56 Å². The van der Waals surface area contributed by atoms with Gasteiger partial charge in [-0.3, -0.25) is 9.10 Å². The zero-order valence-corrected chi connectivity index (χ0v) is 16.5. The molecule has 0 unspecified atom stereocenters. The Kier molecular flexibility index (Phi) is 6.07. The van der Waals surface area contributed by atoms with Gasteiger partial charge in [0.2, 0.25) is 5.91 Å². The van der Waals surface area contributed by atoms with Crippen molar-refractivity contribution in [2.45, 2.75) is 11.8 Å². The number of ether oxygens (including phenoxy) is 1. The van der Waals surface area contributed by atoms with Crippen molar-refractivity contribution in [3.8, 4) is 5.75 Å². The number of hydrogen-bond donors (Lipinski definition) is 1. The molecule has 2 rings (SSSR count). The Morgan fingerprint density at radius 1 is 1.20 bits per heavy atom. The van der Waals surface area contributed by atoms with Crippen LogP contribution in [0.4, 0.5) is 5.69 Å². The summed E-state index contributed by atoms with van der Waals surface area (Å²) in [4.78, 5) is 11.9. The molecule has 0 aliphatic heterocycles. The molecular formula is C17H19BrN2O4S. The minimum Gasteiger partial charge on any atom is -0.496 e. The highest BCUT2D eigenvalue weighted by molar-refractivity contribution is 9.10. The molecule has 2 aromatic rings. The third-order valence-corrected chi connectivity index (χ3v) is 5.99. The lowest BCUT2D eigenvalue weighted by Gasteiger charge is -2.24. The van der Waals surface area contributed by atoms with Gasteiger partial charge in [-0.15, -0.1) is 0 Å². The number of carbonyl (C=O) groups excluding carboxylic acids is 1. The maximum absolute atomic E-state index is 13.1. The number of nitrogens with zero attached hydrogens (tertiary/aromatic N) is 1. The van der Waals surface area contributed by atoms with Gasteiger partial charge < -0.3 is 10.1 Å². The molecule has 2 aromatic carbocycles. The molecule has 6 nitrogen and oxygen atoms in total. The van der Waals surface area contributed by atoms with Crippen LogP contribution in [0.2, 0.25) is 0 Å². The summed E-state index contributed by atoms with van der Waals surface area (Å²) in [6, 6.07) is 11.4. The lowest BCUT2D eigenvalue weighted by molar-refractivity contribution is -0.119. The molecule has 0 radical (unpaired) electrons. The summed E-state index contributed by atoms with van der Waals surface area (Å²) in [6.07, 6.45) is 0. The van der Waals surface area contributed by atoms with E-state index in [1.54, 1.807) is 30.3 Å². The van der Waals surface area contributed by atoms with Crippen LogP contribution in [0.25, 0.3) is 0 Å². The van der Waals surface area contributed by atoms with E-state index in [0.29, 0.717) is 15.9 Å². The molecule has 0 spiro atoms. The highest BCUT2D eigenvalue weighted by atomic mass is 79.9. The molecule has 0 saturated carbocycles. The molecule has 1 amide bonds. The second-order valence-corrected chi connectivity index (χ2v) is 8.03. The second-order valence-electron chi connectivity index (χ2n) is 5.32. The Morgan fingerprint density at radius 2 is 1.84 bits per heavy atom. The van der Waals surface area contributed by atoms with Crippen molar-refractivity contribution in [3.63, 3.8) is 0 Å². The second kappa shape index (κ2) is 7.88. The third kappa shape index (κ3) is 4.32. The molecule has 0 atom stereocenters. The Hall–Kier alpha value is -2.06. The van der Waals surface area contributed by atoms with E-state index in [9.17, 15) is 13.2 Å². The van der Waals surface area contributed by atoms with Gasteiger partial charge in [0.05, 0.1) is 22.2 Å². The zero-order chi connectivity index (χ0) is 18.6. The van der Waals surface area contributed by atoms with Gasteiger partial charge in [-0.1, -0.05) is 17.7 Å². The summed E-state index contributed by atoms with van der Waals surface area (Å²) in [5, 5.41) is 2.46. The number of anilines is 1. The molecule has 0 bridgehead atoms. The number of methoxy groups -OCH3 is 1. The first kappa shape index (κ1) is 19.3. The van der Waals surface area contributed by atoms with Crippen molar-refractivity contribution in [2.75, 3.05) is 25.0 Å². The third-order valence-electron chi connectivity index (χ3n) is 3.60. The fraction of sp³-hybridized carbons (Fsp3) is 0.235. The molecule has 0 saturated heterocycles. The van der Waals surface area contributed by atoms with Gasteiger partial charge in [0.25, 0.3) is 10.0 Å². The van der Waals surface area contributed by atoms with Crippen LogP contribution < -0.4 is 14.4 Å². The summed E-state index contributed by atoms with van der Waals surface area (Å²) in [5.74, 6) is 0.115. The quantitative estimate of drug-likeness (QED) is 0.770. The van der Waals surface area contributed by atoms with Gasteiger partial charge >= 0.3 is 0 Å². The first-order valence-electron chi connectivity index (χ1n) is 7.43. The van der Waals surface area contributed by atoms with Crippen LogP contribution in [-0.4, -0.2) is 35.0 Å². The number of sulfonamides is 1.